The Morgan fingerprint density at radius 3 is 2.64 bits per heavy atom. The molecule has 4 aliphatic carbocycles. The van der Waals surface area contributed by atoms with E-state index < -0.39 is 0 Å². The lowest BCUT2D eigenvalue weighted by Crippen LogP contribution is -2.54. The second-order valence-electron chi connectivity index (χ2n) is 13.0. The van der Waals surface area contributed by atoms with Crippen LogP contribution in [-0.2, 0) is 11.8 Å². The van der Waals surface area contributed by atoms with Gasteiger partial charge in [-0.25, -0.2) is 0 Å². The highest BCUT2D eigenvalue weighted by Crippen LogP contribution is 2.68. The van der Waals surface area contributed by atoms with Gasteiger partial charge in [-0.3, -0.25) is 4.98 Å². The van der Waals surface area contributed by atoms with Crippen LogP contribution in [0.1, 0.15) is 78.0 Å². The van der Waals surface area contributed by atoms with E-state index >= 15 is 0 Å². The lowest BCUT2D eigenvalue weighted by molar-refractivity contribution is -0.0517. The molecule has 33 heavy (non-hydrogen) atoms. The Labute approximate surface area is 199 Å². The summed E-state index contributed by atoms with van der Waals surface area (Å²) in [5.74, 6) is 3.48. The van der Waals surface area contributed by atoms with Gasteiger partial charge in [0.25, 0.3) is 0 Å². The lowest BCUT2D eigenvalue weighted by Gasteiger charge is -2.60. The van der Waals surface area contributed by atoms with Crippen molar-refractivity contribution in [1.82, 2.24) is 4.98 Å². The first-order chi connectivity index (χ1) is 15.7. The van der Waals surface area contributed by atoms with Crippen LogP contribution in [0.5, 0.6) is 0 Å². The number of nitrogens with zero attached hydrogens (tertiary/aromatic N) is 1. The number of rotatable bonds is 2. The van der Waals surface area contributed by atoms with E-state index in [2.05, 4.69) is 71.0 Å². The molecule has 0 unspecified atom stereocenters. The number of hydrogen-bond donors (Lipinski definition) is 1. The van der Waals surface area contributed by atoms with E-state index in [0.717, 1.165) is 29.7 Å². The highest BCUT2D eigenvalue weighted by molar-refractivity contribution is 5.80. The summed E-state index contributed by atoms with van der Waals surface area (Å²) in [6.07, 6.45) is 10.4. The topological polar surface area (TPSA) is 33.1 Å². The molecule has 0 spiro atoms. The van der Waals surface area contributed by atoms with Gasteiger partial charge in [-0.05, 0) is 96.6 Å². The summed E-state index contributed by atoms with van der Waals surface area (Å²) in [7, 11) is 0. The zero-order valence-electron chi connectivity index (χ0n) is 21.2. The number of benzene rings is 1. The van der Waals surface area contributed by atoms with Crippen molar-refractivity contribution >= 4 is 10.9 Å². The van der Waals surface area contributed by atoms with Crippen molar-refractivity contribution in [3.8, 4) is 0 Å². The first kappa shape index (κ1) is 21.8. The van der Waals surface area contributed by atoms with E-state index in [1.165, 1.54) is 48.7 Å². The fourth-order valence-electron chi connectivity index (χ4n) is 9.75. The van der Waals surface area contributed by atoms with Gasteiger partial charge in [-0.15, -0.1) is 0 Å². The van der Waals surface area contributed by atoms with Crippen molar-refractivity contribution in [2.75, 3.05) is 6.61 Å². The molecule has 0 saturated heterocycles. The number of aromatic nitrogens is 1. The van der Waals surface area contributed by atoms with Gasteiger partial charge in [-0.1, -0.05) is 64.5 Å². The van der Waals surface area contributed by atoms with Gasteiger partial charge < -0.3 is 5.11 Å². The second-order valence-corrected chi connectivity index (χ2v) is 13.0. The Morgan fingerprint density at radius 1 is 1.06 bits per heavy atom. The summed E-state index contributed by atoms with van der Waals surface area (Å²) in [6, 6.07) is 11.1. The standard InChI is InChI=1S/C31H41NO/c1-19(18-33)23-11-12-24-22-10-13-27-29(2,3)28-21(16-20-8-6-7-9-26(20)32-28)17-31(27,5)25(22)14-15-30(23,24)4/h6-9,13,16,19,22-25,33H,10-12,14-15,17-18H2,1-5H3/t19-,22+,23-,24+,25+,30-,31-/m1/s1. The van der Waals surface area contributed by atoms with Crippen molar-refractivity contribution < 1.29 is 5.11 Å². The van der Waals surface area contributed by atoms with Crippen LogP contribution in [0.3, 0.4) is 0 Å². The first-order valence-corrected chi connectivity index (χ1v) is 13.4. The summed E-state index contributed by atoms with van der Waals surface area (Å²) in [5.41, 5.74) is 6.20. The van der Waals surface area contributed by atoms with E-state index in [1.807, 2.05) is 0 Å². The van der Waals surface area contributed by atoms with Gasteiger partial charge in [0.1, 0.15) is 0 Å². The predicted octanol–water partition coefficient (Wildman–Crippen LogP) is 7.09. The molecule has 7 atom stereocenters. The van der Waals surface area contributed by atoms with E-state index in [0.29, 0.717) is 23.9 Å². The fraction of sp³-hybridized carbons (Fsp3) is 0.645. The minimum Gasteiger partial charge on any atom is -0.396 e. The maximum Gasteiger partial charge on any atom is 0.0705 e. The van der Waals surface area contributed by atoms with Crippen LogP contribution < -0.4 is 0 Å². The third kappa shape index (κ3) is 2.86. The molecule has 0 radical (unpaired) electrons. The number of fused-ring (bicyclic) bond motifs is 7. The molecule has 1 aromatic heterocycles. The Bertz CT molecular complexity index is 1130. The van der Waals surface area contributed by atoms with Crippen LogP contribution in [0, 0.1) is 40.4 Å². The number of aliphatic hydroxyl groups is 1. The smallest absolute Gasteiger partial charge is 0.0705 e. The molecule has 2 heteroatoms. The summed E-state index contributed by atoms with van der Waals surface area (Å²) in [6.45, 7) is 12.7. The largest absolute Gasteiger partial charge is 0.396 e. The van der Waals surface area contributed by atoms with Gasteiger partial charge in [0, 0.05) is 17.4 Å². The van der Waals surface area contributed by atoms with Gasteiger partial charge >= 0.3 is 0 Å². The molecular formula is C31H41NO. The van der Waals surface area contributed by atoms with Gasteiger partial charge in [0.15, 0.2) is 0 Å². The Hall–Kier alpha value is -1.67. The normalized spacial score (nSPS) is 39.8. The summed E-state index contributed by atoms with van der Waals surface area (Å²) < 4.78 is 0. The average Bonchev–Trinajstić information content (AvgIpc) is 3.14. The number of pyridine rings is 1. The Morgan fingerprint density at radius 2 is 1.85 bits per heavy atom. The molecule has 2 fully saturated rings. The summed E-state index contributed by atoms with van der Waals surface area (Å²) in [5, 5.41) is 11.2. The van der Waals surface area contributed by atoms with Crippen LogP contribution in [0.2, 0.25) is 0 Å². The molecule has 2 aromatic rings. The van der Waals surface area contributed by atoms with Crippen molar-refractivity contribution in [3.05, 3.63) is 53.2 Å². The molecule has 0 bridgehead atoms. The monoisotopic (exact) mass is 443 g/mol. The number of para-hydroxylation sites is 1. The fourth-order valence-corrected chi connectivity index (χ4v) is 9.75. The first-order valence-electron chi connectivity index (χ1n) is 13.4. The van der Waals surface area contributed by atoms with Gasteiger partial charge in [0.2, 0.25) is 0 Å². The molecule has 1 heterocycles. The maximum atomic E-state index is 9.94. The molecular weight excluding hydrogens is 402 g/mol. The lowest BCUT2D eigenvalue weighted by atomic mass is 9.44. The maximum absolute atomic E-state index is 9.94. The van der Waals surface area contributed by atoms with Crippen molar-refractivity contribution in [2.45, 2.75) is 78.6 Å². The molecule has 6 rings (SSSR count). The summed E-state index contributed by atoms with van der Waals surface area (Å²) in [4.78, 5) is 5.23. The van der Waals surface area contributed by atoms with Gasteiger partial charge in [0.05, 0.1) is 11.2 Å². The molecule has 1 N–H and O–H groups in total. The predicted molar refractivity (Wildman–Crippen MR) is 136 cm³/mol. The van der Waals surface area contributed by atoms with Crippen LogP contribution >= 0.6 is 0 Å². The number of allylic oxidation sites excluding steroid dienone is 2. The number of aliphatic hydroxyl groups excluding tert-OH is 1. The zero-order valence-corrected chi connectivity index (χ0v) is 21.2. The average molecular weight is 444 g/mol. The summed E-state index contributed by atoms with van der Waals surface area (Å²) >= 11 is 0. The quantitative estimate of drug-likeness (QED) is 0.503. The van der Waals surface area contributed by atoms with E-state index in [9.17, 15) is 5.11 Å². The van der Waals surface area contributed by atoms with E-state index in [1.54, 1.807) is 5.57 Å². The highest BCUT2D eigenvalue weighted by atomic mass is 16.3. The Kier molecular flexibility index (Phi) is 4.74. The molecule has 2 nitrogen and oxygen atoms in total. The SMILES string of the molecule is C[C@H](CO)[C@H]1CC[C@H]2[C@@H]3CC=C4C(C)(C)c5nc6ccccc6cc5C[C@]4(C)[C@H]3CC[C@]12C. The van der Waals surface area contributed by atoms with Crippen molar-refractivity contribution in [2.24, 2.45) is 40.4 Å². The van der Waals surface area contributed by atoms with E-state index in [-0.39, 0.29) is 10.8 Å². The molecule has 0 aliphatic heterocycles. The van der Waals surface area contributed by atoms with Crippen LogP contribution in [0.15, 0.2) is 42.0 Å². The van der Waals surface area contributed by atoms with E-state index in [4.69, 9.17) is 4.98 Å². The molecule has 4 aliphatic rings. The number of hydrogen-bond acceptors (Lipinski definition) is 2. The second kappa shape index (κ2) is 7.17. The van der Waals surface area contributed by atoms with Gasteiger partial charge in [-0.2, -0.15) is 0 Å². The van der Waals surface area contributed by atoms with Crippen molar-refractivity contribution in [1.29, 1.82) is 0 Å². The molecule has 1 aromatic carbocycles. The minimum absolute atomic E-state index is 0.0122. The van der Waals surface area contributed by atoms with Crippen molar-refractivity contribution in [3.63, 3.8) is 0 Å². The molecule has 176 valence electrons. The highest BCUT2D eigenvalue weighted by Gasteiger charge is 2.61. The van der Waals surface area contributed by atoms with Crippen LogP contribution in [0.25, 0.3) is 10.9 Å². The molecule has 2 saturated carbocycles. The third-order valence-corrected chi connectivity index (χ3v) is 11.1. The van der Waals surface area contributed by atoms with Crippen LogP contribution in [-0.4, -0.2) is 16.7 Å². The minimum atomic E-state index is -0.0122. The van der Waals surface area contributed by atoms with Crippen LogP contribution in [0.4, 0.5) is 0 Å². The third-order valence-electron chi connectivity index (χ3n) is 11.1. The molecule has 0 amide bonds. The zero-order chi connectivity index (χ0) is 23.2. The Balaban J connectivity index is 1.42.